The largest absolute Gasteiger partial charge is 0.464 e. The summed E-state index contributed by atoms with van der Waals surface area (Å²) in [5, 5.41) is 4.05. The summed E-state index contributed by atoms with van der Waals surface area (Å²) < 4.78 is 57.8. The van der Waals surface area contributed by atoms with Gasteiger partial charge in [-0.15, -0.1) is 0 Å². The SMILES string of the molecule is COC(=O)c1c2c(nn1CC(F)(F)F)CCC(c1cccc(F)c1C)CC2. The molecular weight excluding hydrogens is 364 g/mol. The zero-order valence-corrected chi connectivity index (χ0v) is 15.1. The van der Waals surface area contributed by atoms with E-state index in [0.717, 1.165) is 12.7 Å². The normalized spacial score (nSPS) is 17.3. The molecule has 1 heterocycles. The van der Waals surface area contributed by atoms with Gasteiger partial charge in [0.05, 0.1) is 12.8 Å². The van der Waals surface area contributed by atoms with Crippen LogP contribution in [0.1, 0.15) is 51.6 Å². The maximum absolute atomic E-state index is 13.9. The molecule has 1 aliphatic carbocycles. The van der Waals surface area contributed by atoms with E-state index in [4.69, 9.17) is 0 Å². The number of aromatic nitrogens is 2. The fourth-order valence-corrected chi connectivity index (χ4v) is 3.77. The molecule has 1 aliphatic rings. The van der Waals surface area contributed by atoms with Gasteiger partial charge < -0.3 is 4.74 Å². The number of ether oxygens (including phenoxy) is 1. The number of halogens is 4. The Morgan fingerprint density at radius 1 is 1.30 bits per heavy atom. The Bertz CT molecular complexity index is 858. The lowest BCUT2D eigenvalue weighted by Crippen LogP contribution is -2.23. The third-order valence-corrected chi connectivity index (χ3v) is 5.06. The Balaban J connectivity index is 1.93. The van der Waals surface area contributed by atoms with E-state index in [9.17, 15) is 22.4 Å². The Hall–Kier alpha value is -2.38. The standard InChI is InChI=1S/C19H20F4N2O2/c1-11-13(4-3-5-15(11)20)12-6-8-14-16(9-7-12)24-25(10-19(21,22)23)17(14)18(26)27-2/h3-5,12H,6-10H2,1-2H3. The Labute approximate surface area is 154 Å². The van der Waals surface area contributed by atoms with Crippen LogP contribution in [-0.4, -0.2) is 29.0 Å². The molecule has 0 fully saturated rings. The van der Waals surface area contributed by atoms with E-state index in [2.05, 4.69) is 9.84 Å². The first-order valence-electron chi connectivity index (χ1n) is 8.70. The molecule has 2 aromatic rings. The second-order valence-corrected chi connectivity index (χ2v) is 6.77. The monoisotopic (exact) mass is 384 g/mol. The minimum absolute atomic E-state index is 0.0523. The maximum Gasteiger partial charge on any atom is 0.408 e. The van der Waals surface area contributed by atoms with Crippen LogP contribution in [0.3, 0.4) is 0 Å². The summed E-state index contributed by atoms with van der Waals surface area (Å²) in [5.74, 6) is -1.05. The topological polar surface area (TPSA) is 44.1 Å². The molecule has 0 aliphatic heterocycles. The van der Waals surface area contributed by atoms with Crippen molar-refractivity contribution >= 4 is 5.97 Å². The van der Waals surface area contributed by atoms with Gasteiger partial charge in [-0.3, -0.25) is 0 Å². The van der Waals surface area contributed by atoms with Crippen LogP contribution in [0, 0.1) is 12.7 Å². The number of methoxy groups -OCH3 is 1. The van der Waals surface area contributed by atoms with E-state index in [1.807, 2.05) is 6.07 Å². The van der Waals surface area contributed by atoms with E-state index < -0.39 is 18.7 Å². The van der Waals surface area contributed by atoms with Crippen molar-refractivity contribution in [2.45, 2.75) is 51.2 Å². The zero-order valence-electron chi connectivity index (χ0n) is 15.1. The Morgan fingerprint density at radius 3 is 2.67 bits per heavy atom. The van der Waals surface area contributed by atoms with Gasteiger partial charge in [0.15, 0.2) is 0 Å². The summed E-state index contributed by atoms with van der Waals surface area (Å²) >= 11 is 0. The minimum atomic E-state index is -4.49. The number of esters is 1. The highest BCUT2D eigenvalue weighted by molar-refractivity contribution is 5.89. The number of alkyl halides is 3. The van der Waals surface area contributed by atoms with Crippen LogP contribution >= 0.6 is 0 Å². The van der Waals surface area contributed by atoms with Crippen LogP contribution in [0.4, 0.5) is 17.6 Å². The maximum atomic E-state index is 13.9. The number of aryl methyl sites for hydroxylation is 1. The van der Waals surface area contributed by atoms with E-state index in [-0.39, 0.29) is 17.4 Å². The highest BCUT2D eigenvalue weighted by Gasteiger charge is 2.34. The number of hydrogen-bond donors (Lipinski definition) is 0. The van der Waals surface area contributed by atoms with E-state index in [0.29, 0.717) is 47.2 Å². The van der Waals surface area contributed by atoms with Crippen molar-refractivity contribution < 1.29 is 27.1 Å². The van der Waals surface area contributed by atoms with E-state index in [1.165, 1.54) is 6.07 Å². The van der Waals surface area contributed by atoms with Gasteiger partial charge in [0.25, 0.3) is 0 Å². The molecule has 1 unspecified atom stereocenters. The van der Waals surface area contributed by atoms with Crippen molar-refractivity contribution in [3.63, 3.8) is 0 Å². The summed E-state index contributed by atoms with van der Waals surface area (Å²) in [4.78, 5) is 12.1. The fraction of sp³-hybridized carbons (Fsp3) is 0.474. The lowest BCUT2D eigenvalue weighted by Gasteiger charge is -2.18. The highest BCUT2D eigenvalue weighted by atomic mass is 19.4. The quantitative estimate of drug-likeness (QED) is 0.449. The lowest BCUT2D eigenvalue weighted by atomic mass is 9.88. The number of carbonyl (C=O) groups is 1. The first kappa shape index (κ1) is 19.4. The Morgan fingerprint density at radius 2 is 2.00 bits per heavy atom. The molecule has 0 N–H and O–H groups in total. The molecule has 1 atom stereocenters. The van der Waals surface area contributed by atoms with Gasteiger partial charge in [-0.2, -0.15) is 18.3 Å². The van der Waals surface area contributed by atoms with Gasteiger partial charge in [-0.1, -0.05) is 12.1 Å². The lowest BCUT2D eigenvalue weighted by molar-refractivity contribution is -0.142. The van der Waals surface area contributed by atoms with Gasteiger partial charge >= 0.3 is 12.1 Å². The molecule has 27 heavy (non-hydrogen) atoms. The molecule has 3 rings (SSSR count). The average molecular weight is 384 g/mol. The van der Waals surface area contributed by atoms with Crippen LogP contribution < -0.4 is 0 Å². The number of fused-ring (bicyclic) bond motifs is 1. The number of nitrogens with zero attached hydrogens (tertiary/aromatic N) is 2. The van der Waals surface area contributed by atoms with Gasteiger partial charge in [0.2, 0.25) is 0 Å². The molecule has 0 radical (unpaired) electrons. The van der Waals surface area contributed by atoms with Crippen molar-refractivity contribution in [3.8, 4) is 0 Å². The highest BCUT2D eigenvalue weighted by Crippen LogP contribution is 2.35. The number of carbonyl (C=O) groups excluding carboxylic acids is 1. The summed E-state index contributed by atoms with van der Waals surface area (Å²) in [7, 11) is 1.13. The Kier molecular flexibility index (Phi) is 5.26. The van der Waals surface area contributed by atoms with E-state index in [1.54, 1.807) is 13.0 Å². The number of hydrogen-bond acceptors (Lipinski definition) is 3. The summed E-state index contributed by atoms with van der Waals surface area (Å²) in [6.45, 7) is 0.384. The predicted molar refractivity (Wildman–Crippen MR) is 90.1 cm³/mol. The molecule has 1 aromatic heterocycles. The minimum Gasteiger partial charge on any atom is -0.464 e. The third-order valence-electron chi connectivity index (χ3n) is 5.06. The molecule has 1 aromatic carbocycles. The number of rotatable bonds is 3. The van der Waals surface area contributed by atoms with Crippen molar-refractivity contribution in [2.75, 3.05) is 7.11 Å². The molecule has 0 amide bonds. The summed E-state index contributed by atoms with van der Waals surface area (Å²) in [5.41, 5.74) is 2.32. The second kappa shape index (κ2) is 7.32. The van der Waals surface area contributed by atoms with Gasteiger partial charge in [0.1, 0.15) is 18.1 Å². The van der Waals surface area contributed by atoms with Gasteiger partial charge in [-0.05, 0) is 55.7 Å². The zero-order chi connectivity index (χ0) is 19.8. The van der Waals surface area contributed by atoms with Gasteiger partial charge in [0, 0.05) is 5.56 Å². The molecule has 4 nitrogen and oxygen atoms in total. The molecular formula is C19H20F4N2O2. The first-order valence-corrected chi connectivity index (χ1v) is 8.70. The second-order valence-electron chi connectivity index (χ2n) is 6.77. The number of benzene rings is 1. The van der Waals surface area contributed by atoms with Crippen molar-refractivity contribution in [1.82, 2.24) is 9.78 Å². The summed E-state index contributed by atoms with van der Waals surface area (Å²) in [6, 6.07) is 4.93. The van der Waals surface area contributed by atoms with Crippen molar-refractivity contribution in [1.29, 1.82) is 0 Å². The first-order chi connectivity index (χ1) is 12.7. The van der Waals surface area contributed by atoms with Gasteiger partial charge in [-0.25, -0.2) is 13.9 Å². The summed E-state index contributed by atoms with van der Waals surface area (Å²) in [6.07, 6.45) is -2.46. The molecule has 0 bridgehead atoms. The fourth-order valence-electron chi connectivity index (χ4n) is 3.77. The van der Waals surface area contributed by atoms with Crippen molar-refractivity contribution in [2.24, 2.45) is 0 Å². The molecule has 146 valence electrons. The van der Waals surface area contributed by atoms with Crippen LogP contribution in [0.25, 0.3) is 0 Å². The molecule has 8 heteroatoms. The van der Waals surface area contributed by atoms with Crippen LogP contribution in [0.2, 0.25) is 0 Å². The predicted octanol–water partition coefficient (Wildman–Crippen LogP) is 4.34. The molecule has 0 spiro atoms. The third kappa shape index (κ3) is 3.99. The average Bonchev–Trinajstić information content (AvgIpc) is 2.79. The van der Waals surface area contributed by atoms with Crippen LogP contribution in [0.5, 0.6) is 0 Å². The van der Waals surface area contributed by atoms with E-state index >= 15 is 0 Å². The van der Waals surface area contributed by atoms with Crippen molar-refractivity contribution in [3.05, 3.63) is 52.1 Å². The van der Waals surface area contributed by atoms with Crippen LogP contribution in [0.15, 0.2) is 18.2 Å². The van der Waals surface area contributed by atoms with Crippen LogP contribution in [-0.2, 0) is 24.1 Å². The molecule has 0 saturated heterocycles. The smallest absolute Gasteiger partial charge is 0.408 e. The molecule has 0 saturated carbocycles.